The Kier molecular flexibility index (Phi) is 5.92. The van der Waals surface area contributed by atoms with E-state index < -0.39 is 17.6 Å². The first-order valence-electron chi connectivity index (χ1n) is 10.3. The quantitative estimate of drug-likeness (QED) is 0.292. The van der Waals surface area contributed by atoms with Crippen LogP contribution in [0.4, 0.5) is 13.2 Å². The number of aromatic nitrogens is 3. The monoisotopic (exact) mass is 505 g/mol. The number of nitrogens with zero attached hydrogens (tertiary/aromatic N) is 3. The molecule has 4 heterocycles. The number of thioether (sulfide) groups is 1. The Bertz CT molecular complexity index is 1320. The molecule has 5 rings (SSSR count). The molecule has 10 heteroatoms. The number of thiazole rings is 1. The topological polar surface area (TPSA) is 47.8 Å². The molecule has 33 heavy (non-hydrogen) atoms. The molecule has 4 aromatic rings. The number of thiophene rings is 1. The van der Waals surface area contributed by atoms with E-state index in [2.05, 4.69) is 17.2 Å². The third-order valence-corrected chi connectivity index (χ3v) is 9.50. The second kappa shape index (κ2) is 8.73. The van der Waals surface area contributed by atoms with E-state index in [1.54, 1.807) is 17.4 Å². The Balaban J connectivity index is 1.46. The number of alkyl halides is 3. The molecule has 1 saturated heterocycles. The normalized spacial score (nSPS) is 16.4. The van der Waals surface area contributed by atoms with E-state index in [0.717, 1.165) is 37.3 Å². The van der Waals surface area contributed by atoms with Gasteiger partial charge in [0.05, 0.1) is 32.9 Å². The van der Waals surface area contributed by atoms with Crippen molar-refractivity contribution in [2.45, 2.75) is 31.2 Å². The molecule has 0 bridgehead atoms. The van der Waals surface area contributed by atoms with Crippen LogP contribution in [-0.2, 0) is 6.18 Å². The number of carbonyl (C=O) groups excluding carboxylic acids is 1. The number of benzene rings is 1. The Morgan fingerprint density at radius 2 is 2.00 bits per heavy atom. The van der Waals surface area contributed by atoms with Crippen molar-refractivity contribution in [3.8, 4) is 20.5 Å². The Morgan fingerprint density at radius 1 is 1.15 bits per heavy atom. The lowest BCUT2D eigenvalue weighted by Crippen LogP contribution is -2.16. The Hall–Kier alpha value is -2.43. The lowest BCUT2D eigenvalue weighted by Gasteiger charge is -2.09. The van der Waals surface area contributed by atoms with Crippen LogP contribution in [0, 0.1) is 6.92 Å². The molecule has 0 radical (unpaired) electrons. The van der Waals surface area contributed by atoms with E-state index in [0.29, 0.717) is 10.9 Å². The van der Waals surface area contributed by atoms with Crippen LogP contribution in [0.1, 0.15) is 44.6 Å². The number of hydrogen-bond acceptors (Lipinski definition) is 6. The van der Waals surface area contributed by atoms with Gasteiger partial charge in [-0.1, -0.05) is 6.07 Å². The number of carbonyl (C=O) groups is 1. The fourth-order valence-electron chi connectivity index (χ4n) is 3.77. The van der Waals surface area contributed by atoms with Crippen LogP contribution < -0.4 is 0 Å². The average molecular weight is 506 g/mol. The van der Waals surface area contributed by atoms with E-state index in [1.807, 2.05) is 18.7 Å². The van der Waals surface area contributed by atoms with Gasteiger partial charge in [-0.2, -0.15) is 34.7 Å². The summed E-state index contributed by atoms with van der Waals surface area (Å²) in [4.78, 5) is 21.0. The molecular formula is C23H18F3N3OS3. The highest BCUT2D eigenvalue weighted by Gasteiger charge is 2.31. The van der Waals surface area contributed by atoms with Crippen LogP contribution >= 0.6 is 34.4 Å². The fourth-order valence-corrected chi connectivity index (χ4v) is 7.47. The summed E-state index contributed by atoms with van der Waals surface area (Å²) in [5.74, 6) is 0.578. The van der Waals surface area contributed by atoms with Crippen molar-refractivity contribution in [3.05, 3.63) is 70.4 Å². The van der Waals surface area contributed by atoms with E-state index in [-0.39, 0.29) is 5.56 Å². The minimum atomic E-state index is -4.52. The minimum absolute atomic E-state index is 0.0749. The standard InChI is InChI=1S/C23H18F3N3OS3/c1-13-20(33-21(28-13)19-8-7-18(32-19)17-6-3-11-31-17)16-9-10-27-29(16)22(30)14-4-2-5-15(12-14)23(24,25)26/h2,4-5,7-10,12,17H,3,6,11H2,1H3. The summed E-state index contributed by atoms with van der Waals surface area (Å²) < 4.78 is 40.4. The van der Waals surface area contributed by atoms with E-state index in [1.165, 1.54) is 53.1 Å². The maximum Gasteiger partial charge on any atom is 0.416 e. The molecular weight excluding hydrogens is 487 g/mol. The van der Waals surface area contributed by atoms with Crippen LogP contribution in [0.25, 0.3) is 20.5 Å². The van der Waals surface area contributed by atoms with Crippen molar-refractivity contribution in [1.29, 1.82) is 0 Å². The molecule has 170 valence electrons. The van der Waals surface area contributed by atoms with Crippen molar-refractivity contribution < 1.29 is 18.0 Å². The zero-order valence-electron chi connectivity index (χ0n) is 17.4. The molecule has 1 fully saturated rings. The molecule has 0 N–H and O–H groups in total. The average Bonchev–Trinajstić information content (AvgIpc) is 3.58. The van der Waals surface area contributed by atoms with Gasteiger partial charge >= 0.3 is 6.18 Å². The summed E-state index contributed by atoms with van der Waals surface area (Å²) >= 11 is 5.19. The predicted octanol–water partition coefficient (Wildman–Crippen LogP) is 7.32. The molecule has 1 aromatic carbocycles. The molecule has 3 aromatic heterocycles. The van der Waals surface area contributed by atoms with E-state index in [9.17, 15) is 18.0 Å². The van der Waals surface area contributed by atoms with Gasteiger partial charge in [-0.05, 0) is 61.9 Å². The van der Waals surface area contributed by atoms with Crippen LogP contribution in [0.15, 0.2) is 48.7 Å². The largest absolute Gasteiger partial charge is 0.416 e. The van der Waals surface area contributed by atoms with E-state index in [4.69, 9.17) is 4.98 Å². The maximum absolute atomic E-state index is 13.1. The molecule has 0 amide bonds. The highest BCUT2D eigenvalue weighted by atomic mass is 32.2. The van der Waals surface area contributed by atoms with Gasteiger partial charge < -0.3 is 0 Å². The van der Waals surface area contributed by atoms with Crippen molar-refractivity contribution in [2.75, 3.05) is 5.75 Å². The van der Waals surface area contributed by atoms with Gasteiger partial charge in [0.25, 0.3) is 5.91 Å². The summed E-state index contributed by atoms with van der Waals surface area (Å²) in [6.07, 6.45) is -0.611. The zero-order chi connectivity index (χ0) is 23.2. The summed E-state index contributed by atoms with van der Waals surface area (Å²) in [5, 5.41) is 5.52. The molecule has 0 spiro atoms. The van der Waals surface area contributed by atoms with Crippen molar-refractivity contribution in [2.24, 2.45) is 0 Å². The number of hydrogen-bond donors (Lipinski definition) is 0. The third-order valence-electron chi connectivity index (χ3n) is 5.39. The van der Waals surface area contributed by atoms with Gasteiger partial charge in [0.15, 0.2) is 0 Å². The van der Waals surface area contributed by atoms with Gasteiger partial charge in [-0.3, -0.25) is 4.79 Å². The molecule has 1 aliphatic rings. The summed E-state index contributed by atoms with van der Waals surface area (Å²) in [6.45, 7) is 1.86. The number of halogens is 3. The highest BCUT2D eigenvalue weighted by Crippen LogP contribution is 2.45. The van der Waals surface area contributed by atoms with Crippen LogP contribution in [0.5, 0.6) is 0 Å². The minimum Gasteiger partial charge on any atom is -0.267 e. The summed E-state index contributed by atoms with van der Waals surface area (Å²) in [6, 6.07) is 10.3. The zero-order valence-corrected chi connectivity index (χ0v) is 19.9. The molecule has 1 unspecified atom stereocenters. The number of rotatable bonds is 4. The maximum atomic E-state index is 13.1. The molecule has 4 nitrogen and oxygen atoms in total. The first-order chi connectivity index (χ1) is 15.8. The van der Waals surface area contributed by atoms with Crippen LogP contribution in [0.2, 0.25) is 0 Å². The lowest BCUT2D eigenvalue weighted by atomic mass is 10.1. The van der Waals surface area contributed by atoms with Crippen LogP contribution in [-0.4, -0.2) is 26.4 Å². The van der Waals surface area contributed by atoms with Gasteiger partial charge in [0.2, 0.25) is 0 Å². The summed E-state index contributed by atoms with van der Waals surface area (Å²) in [5.41, 5.74) is 0.321. The van der Waals surface area contributed by atoms with Crippen molar-refractivity contribution >= 4 is 40.3 Å². The van der Waals surface area contributed by atoms with Gasteiger partial charge in [0, 0.05) is 15.7 Å². The van der Waals surface area contributed by atoms with Gasteiger partial charge in [-0.25, -0.2) is 4.98 Å². The number of aryl methyl sites for hydroxylation is 1. The first kappa shape index (κ1) is 22.4. The molecule has 1 aliphatic heterocycles. The smallest absolute Gasteiger partial charge is 0.267 e. The lowest BCUT2D eigenvalue weighted by molar-refractivity contribution is -0.137. The second-order valence-corrected chi connectivity index (χ2v) is 11.1. The molecule has 1 atom stereocenters. The third kappa shape index (κ3) is 4.39. The molecule has 0 aliphatic carbocycles. The van der Waals surface area contributed by atoms with E-state index >= 15 is 0 Å². The molecule has 0 saturated carbocycles. The Morgan fingerprint density at radius 3 is 2.76 bits per heavy atom. The predicted molar refractivity (Wildman–Crippen MR) is 127 cm³/mol. The second-order valence-electron chi connectivity index (χ2n) is 7.65. The van der Waals surface area contributed by atoms with Crippen LogP contribution in [0.3, 0.4) is 0 Å². The van der Waals surface area contributed by atoms with Crippen molar-refractivity contribution in [1.82, 2.24) is 14.8 Å². The van der Waals surface area contributed by atoms with Gasteiger partial charge in [0.1, 0.15) is 5.01 Å². The SMILES string of the molecule is Cc1nc(-c2ccc(C3CCCS3)s2)sc1-c1ccnn1C(=O)c1cccc(C(F)(F)F)c1. The first-order valence-corrected chi connectivity index (χ1v) is 12.9. The van der Waals surface area contributed by atoms with Gasteiger partial charge in [-0.15, -0.1) is 22.7 Å². The fraction of sp³-hybridized carbons (Fsp3) is 0.261. The highest BCUT2D eigenvalue weighted by molar-refractivity contribution is 7.99. The van der Waals surface area contributed by atoms with Crippen molar-refractivity contribution in [3.63, 3.8) is 0 Å². The summed E-state index contributed by atoms with van der Waals surface area (Å²) in [7, 11) is 0. The Labute approximate surface area is 200 Å².